The van der Waals surface area contributed by atoms with E-state index >= 15 is 0 Å². The molecule has 0 aliphatic heterocycles. The number of benzene rings is 3. The predicted octanol–water partition coefficient (Wildman–Crippen LogP) is 4.80. The molecule has 0 saturated heterocycles. The third-order valence-electron chi connectivity index (χ3n) is 5.38. The number of likely N-dealkylation sites (N-methyl/N-ethyl adjacent to an activating group) is 1. The quantitative estimate of drug-likeness (QED) is 0.268. The first-order valence-corrected chi connectivity index (χ1v) is 10.8. The summed E-state index contributed by atoms with van der Waals surface area (Å²) in [5, 5.41) is 6.55. The van der Waals surface area contributed by atoms with Gasteiger partial charge in [0, 0.05) is 29.9 Å². The Bertz CT molecular complexity index is 1350. The molecule has 7 nitrogen and oxygen atoms in total. The second-order valence-electron chi connectivity index (χ2n) is 7.62. The van der Waals surface area contributed by atoms with E-state index in [1.54, 1.807) is 0 Å². The SMILES string of the molecule is CCOc1ccc(-c2nc3ccc(-c4nc5ccc(NCCNC)cc5[nH]4)cc3[nH]2)cc1. The normalized spacial score (nSPS) is 11.3. The Labute approximate surface area is 186 Å². The summed E-state index contributed by atoms with van der Waals surface area (Å²) in [4.78, 5) is 16.4. The van der Waals surface area contributed by atoms with Gasteiger partial charge in [0.15, 0.2) is 0 Å². The molecule has 5 rings (SSSR count). The van der Waals surface area contributed by atoms with Gasteiger partial charge in [0.2, 0.25) is 0 Å². The number of hydrogen-bond donors (Lipinski definition) is 4. The molecule has 2 aromatic heterocycles. The zero-order chi connectivity index (χ0) is 21.9. The first kappa shape index (κ1) is 20.1. The van der Waals surface area contributed by atoms with Crippen molar-refractivity contribution in [2.45, 2.75) is 6.92 Å². The molecule has 0 aliphatic carbocycles. The van der Waals surface area contributed by atoms with E-state index in [-0.39, 0.29) is 0 Å². The highest BCUT2D eigenvalue weighted by molar-refractivity contribution is 5.86. The first-order valence-electron chi connectivity index (χ1n) is 10.8. The highest BCUT2D eigenvalue weighted by atomic mass is 16.5. The zero-order valence-corrected chi connectivity index (χ0v) is 18.2. The van der Waals surface area contributed by atoms with Gasteiger partial charge in [0.05, 0.1) is 28.7 Å². The lowest BCUT2D eigenvalue weighted by molar-refractivity contribution is 0.340. The summed E-state index contributed by atoms with van der Waals surface area (Å²) in [6.45, 7) is 4.42. The minimum atomic E-state index is 0.655. The third-order valence-corrected chi connectivity index (χ3v) is 5.38. The molecule has 3 aromatic carbocycles. The number of anilines is 1. The van der Waals surface area contributed by atoms with Gasteiger partial charge in [-0.25, -0.2) is 9.97 Å². The lowest BCUT2D eigenvalue weighted by Gasteiger charge is -2.05. The van der Waals surface area contributed by atoms with E-state index in [9.17, 15) is 0 Å². The monoisotopic (exact) mass is 426 g/mol. The molecular formula is C25H26N6O. The molecule has 2 heterocycles. The Morgan fingerprint density at radius 1 is 0.781 bits per heavy atom. The standard InChI is InChI=1S/C25H26N6O/c1-3-32-19-8-4-16(5-9-19)24-28-20-10-6-17(14-22(20)30-24)25-29-21-11-7-18(15-23(21)31-25)27-13-12-26-2/h4-11,14-15,26-27H,3,12-13H2,1-2H3,(H,28,30)(H,29,31). The lowest BCUT2D eigenvalue weighted by atomic mass is 10.2. The number of H-pyrrole nitrogens is 2. The summed E-state index contributed by atoms with van der Waals surface area (Å²) in [6, 6.07) is 20.3. The average molecular weight is 427 g/mol. The van der Waals surface area contributed by atoms with Gasteiger partial charge in [-0.05, 0) is 74.6 Å². The van der Waals surface area contributed by atoms with Gasteiger partial charge in [-0.15, -0.1) is 0 Å². The summed E-state index contributed by atoms with van der Waals surface area (Å²) in [5.41, 5.74) is 6.96. The Kier molecular flexibility index (Phi) is 5.47. The topological polar surface area (TPSA) is 90.7 Å². The van der Waals surface area contributed by atoms with Gasteiger partial charge in [0.25, 0.3) is 0 Å². The fourth-order valence-electron chi connectivity index (χ4n) is 3.76. The molecule has 5 aromatic rings. The van der Waals surface area contributed by atoms with Crippen LogP contribution in [0.1, 0.15) is 6.92 Å². The Morgan fingerprint density at radius 3 is 2.16 bits per heavy atom. The number of aromatic nitrogens is 4. The van der Waals surface area contributed by atoms with Crippen molar-refractivity contribution in [1.29, 1.82) is 0 Å². The number of imidazole rings is 2. The Morgan fingerprint density at radius 2 is 1.44 bits per heavy atom. The molecule has 4 N–H and O–H groups in total. The summed E-state index contributed by atoms with van der Waals surface area (Å²) in [5.74, 6) is 2.54. The second kappa shape index (κ2) is 8.72. The zero-order valence-electron chi connectivity index (χ0n) is 18.2. The van der Waals surface area contributed by atoms with Crippen molar-refractivity contribution >= 4 is 27.8 Å². The van der Waals surface area contributed by atoms with Crippen LogP contribution >= 0.6 is 0 Å². The van der Waals surface area contributed by atoms with Crippen LogP contribution in [-0.2, 0) is 0 Å². The molecule has 0 aliphatic rings. The number of nitrogens with zero attached hydrogens (tertiary/aromatic N) is 2. The molecule has 0 spiro atoms. The highest BCUT2D eigenvalue weighted by Crippen LogP contribution is 2.27. The van der Waals surface area contributed by atoms with Crippen LogP contribution in [0.2, 0.25) is 0 Å². The van der Waals surface area contributed by atoms with Crippen molar-refractivity contribution in [3.05, 3.63) is 60.7 Å². The van der Waals surface area contributed by atoms with Gasteiger partial charge in [-0.3, -0.25) is 0 Å². The molecule has 0 bridgehead atoms. The molecule has 0 saturated carbocycles. The maximum absolute atomic E-state index is 5.53. The van der Waals surface area contributed by atoms with Crippen molar-refractivity contribution in [1.82, 2.24) is 25.3 Å². The lowest BCUT2D eigenvalue weighted by Crippen LogP contribution is -2.17. The van der Waals surface area contributed by atoms with Gasteiger partial charge >= 0.3 is 0 Å². The maximum atomic E-state index is 5.53. The fraction of sp³-hybridized carbons (Fsp3) is 0.200. The van der Waals surface area contributed by atoms with E-state index in [1.807, 2.05) is 50.4 Å². The number of aromatic amines is 2. The van der Waals surface area contributed by atoms with E-state index in [0.717, 1.165) is 69.4 Å². The Balaban J connectivity index is 1.42. The number of fused-ring (bicyclic) bond motifs is 2. The fourth-order valence-corrected chi connectivity index (χ4v) is 3.76. The third kappa shape index (κ3) is 4.02. The van der Waals surface area contributed by atoms with Crippen molar-refractivity contribution in [2.75, 3.05) is 32.1 Å². The van der Waals surface area contributed by atoms with Crippen molar-refractivity contribution < 1.29 is 4.74 Å². The minimum absolute atomic E-state index is 0.655. The van der Waals surface area contributed by atoms with Gasteiger partial charge in [-0.2, -0.15) is 0 Å². The van der Waals surface area contributed by atoms with Crippen molar-refractivity contribution in [2.24, 2.45) is 0 Å². The Hall–Kier alpha value is -3.84. The number of nitrogens with one attached hydrogen (secondary N) is 4. The van der Waals surface area contributed by atoms with Crippen LogP contribution in [0.25, 0.3) is 44.8 Å². The van der Waals surface area contributed by atoms with Crippen molar-refractivity contribution in [3.63, 3.8) is 0 Å². The summed E-state index contributed by atoms with van der Waals surface area (Å²) < 4.78 is 5.53. The van der Waals surface area contributed by atoms with Gasteiger partial charge < -0.3 is 25.3 Å². The smallest absolute Gasteiger partial charge is 0.138 e. The van der Waals surface area contributed by atoms with Crippen molar-refractivity contribution in [3.8, 4) is 28.5 Å². The first-order chi connectivity index (χ1) is 15.7. The largest absolute Gasteiger partial charge is 0.494 e. The molecule has 0 radical (unpaired) electrons. The molecular weight excluding hydrogens is 400 g/mol. The van der Waals surface area contributed by atoms with Crippen LogP contribution in [0.5, 0.6) is 5.75 Å². The summed E-state index contributed by atoms with van der Waals surface area (Å²) in [7, 11) is 1.95. The molecule has 0 amide bonds. The van der Waals surface area contributed by atoms with Crippen LogP contribution in [0.3, 0.4) is 0 Å². The second-order valence-corrected chi connectivity index (χ2v) is 7.62. The number of ether oxygens (including phenoxy) is 1. The van der Waals surface area contributed by atoms with E-state index in [0.29, 0.717) is 6.61 Å². The molecule has 32 heavy (non-hydrogen) atoms. The van der Waals surface area contributed by atoms with E-state index in [2.05, 4.69) is 44.9 Å². The maximum Gasteiger partial charge on any atom is 0.138 e. The summed E-state index contributed by atoms with van der Waals surface area (Å²) in [6.07, 6.45) is 0. The molecule has 0 atom stereocenters. The number of rotatable bonds is 8. The van der Waals surface area contributed by atoms with Crippen LogP contribution in [-0.4, -0.2) is 46.7 Å². The van der Waals surface area contributed by atoms with Gasteiger partial charge in [-0.1, -0.05) is 0 Å². The van der Waals surface area contributed by atoms with Crippen LogP contribution in [0.4, 0.5) is 5.69 Å². The van der Waals surface area contributed by atoms with E-state index in [4.69, 9.17) is 14.7 Å². The van der Waals surface area contributed by atoms with Gasteiger partial charge in [0.1, 0.15) is 17.4 Å². The predicted molar refractivity (Wildman–Crippen MR) is 130 cm³/mol. The van der Waals surface area contributed by atoms with Crippen LogP contribution < -0.4 is 15.4 Å². The van der Waals surface area contributed by atoms with Crippen LogP contribution in [0, 0.1) is 0 Å². The van der Waals surface area contributed by atoms with Crippen LogP contribution in [0.15, 0.2) is 60.7 Å². The number of hydrogen-bond acceptors (Lipinski definition) is 5. The minimum Gasteiger partial charge on any atom is -0.494 e. The molecule has 0 fully saturated rings. The highest BCUT2D eigenvalue weighted by Gasteiger charge is 2.10. The summed E-state index contributed by atoms with van der Waals surface area (Å²) >= 11 is 0. The van der Waals surface area contributed by atoms with E-state index in [1.165, 1.54) is 0 Å². The average Bonchev–Trinajstić information content (AvgIpc) is 3.43. The molecule has 7 heteroatoms. The molecule has 162 valence electrons. The molecule has 0 unspecified atom stereocenters. The van der Waals surface area contributed by atoms with E-state index < -0.39 is 0 Å².